The molecule has 0 bridgehead atoms. The first kappa shape index (κ1) is 16.2. The molecule has 116 valence electrons. The van der Waals surface area contributed by atoms with Crippen molar-refractivity contribution < 1.29 is 13.9 Å². The summed E-state index contributed by atoms with van der Waals surface area (Å²) in [6, 6.07) is 0. The molecule has 1 fully saturated rings. The van der Waals surface area contributed by atoms with Gasteiger partial charge in [0.15, 0.2) is 14.1 Å². The molecule has 0 aromatic carbocycles. The molecule has 0 aromatic rings. The Morgan fingerprint density at radius 3 is 2.35 bits per heavy atom. The minimum atomic E-state index is -1.65. The quantitative estimate of drug-likeness (QED) is 0.573. The minimum absolute atomic E-state index is 0.268. The number of rotatable bonds is 4. The van der Waals surface area contributed by atoms with E-state index in [0.717, 1.165) is 39.1 Å². The van der Waals surface area contributed by atoms with Gasteiger partial charge in [-0.15, -0.1) is 0 Å². The molecule has 1 aliphatic carbocycles. The summed E-state index contributed by atoms with van der Waals surface area (Å²) in [7, 11) is -1.65. The summed E-state index contributed by atoms with van der Waals surface area (Å²) >= 11 is 0. The maximum atomic E-state index is 6.30. The van der Waals surface area contributed by atoms with E-state index in [0.29, 0.717) is 0 Å². The molecule has 0 N–H and O–H groups in total. The second-order valence-corrected chi connectivity index (χ2v) is 12.4. The van der Waals surface area contributed by atoms with Gasteiger partial charge in [-0.25, -0.2) is 0 Å². The third-order valence-corrected chi connectivity index (χ3v) is 9.72. The third kappa shape index (κ3) is 3.03. The van der Waals surface area contributed by atoms with Crippen molar-refractivity contribution in [1.29, 1.82) is 0 Å². The zero-order chi connectivity index (χ0) is 15.0. The number of allylic oxidation sites excluding steroid dienone is 1. The Bertz CT molecular complexity index is 387. The van der Waals surface area contributed by atoms with Crippen LogP contribution in [0.1, 0.15) is 47.0 Å². The lowest BCUT2D eigenvalue weighted by molar-refractivity contribution is -0.126. The molecule has 0 radical (unpaired) electrons. The van der Waals surface area contributed by atoms with Crippen molar-refractivity contribution in [2.75, 3.05) is 19.8 Å². The standard InChI is InChI=1S/C16H30O3Si/c1-13-7-9-16(17-11-12-18-16)14(13)8-10-19-20(5,6)15(2,3)4/h7-12H2,1-6H3. The van der Waals surface area contributed by atoms with Gasteiger partial charge in [0.2, 0.25) is 0 Å². The molecule has 0 amide bonds. The molecule has 0 unspecified atom stereocenters. The molecule has 3 nitrogen and oxygen atoms in total. The van der Waals surface area contributed by atoms with Crippen molar-refractivity contribution in [3.05, 3.63) is 11.1 Å². The summed E-state index contributed by atoms with van der Waals surface area (Å²) in [5.74, 6) is -0.402. The fraction of sp³-hybridized carbons (Fsp3) is 0.875. The van der Waals surface area contributed by atoms with E-state index in [4.69, 9.17) is 13.9 Å². The molecule has 1 heterocycles. The molecule has 0 atom stereocenters. The van der Waals surface area contributed by atoms with Gasteiger partial charge in [-0.3, -0.25) is 0 Å². The van der Waals surface area contributed by atoms with E-state index in [-0.39, 0.29) is 5.04 Å². The van der Waals surface area contributed by atoms with E-state index in [1.807, 2.05) is 0 Å². The van der Waals surface area contributed by atoms with Crippen LogP contribution in [0.15, 0.2) is 11.1 Å². The smallest absolute Gasteiger partial charge is 0.191 e. The van der Waals surface area contributed by atoms with Crippen molar-refractivity contribution in [1.82, 2.24) is 0 Å². The van der Waals surface area contributed by atoms with Gasteiger partial charge >= 0.3 is 0 Å². The van der Waals surface area contributed by atoms with Crippen molar-refractivity contribution in [3.63, 3.8) is 0 Å². The highest BCUT2D eigenvalue weighted by atomic mass is 28.4. The van der Waals surface area contributed by atoms with Crippen LogP contribution in [-0.2, 0) is 13.9 Å². The Hall–Kier alpha value is -0.163. The highest BCUT2D eigenvalue weighted by Gasteiger charge is 2.45. The molecule has 4 heteroatoms. The van der Waals surface area contributed by atoms with Crippen molar-refractivity contribution in [2.24, 2.45) is 0 Å². The average Bonchev–Trinajstić information content (AvgIpc) is 2.90. The third-order valence-electron chi connectivity index (χ3n) is 5.18. The highest BCUT2D eigenvalue weighted by Crippen LogP contribution is 2.44. The summed E-state index contributed by atoms with van der Waals surface area (Å²) < 4.78 is 18.1. The normalized spacial score (nSPS) is 23.1. The van der Waals surface area contributed by atoms with E-state index in [9.17, 15) is 0 Å². The first-order valence-electron chi connectivity index (χ1n) is 7.79. The Morgan fingerprint density at radius 1 is 1.20 bits per heavy atom. The Labute approximate surface area is 124 Å². The van der Waals surface area contributed by atoms with Gasteiger partial charge in [0, 0.05) is 13.0 Å². The van der Waals surface area contributed by atoms with Crippen molar-refractivity contribution >= 4 is 8.32 Å². The van der Waals surface area contributed by atoms with E-state index >= 15 is 0 Å². The van der Waals surface area contributed by atoms with Crippen molar-refractivity contribution in [3.8, 4) is 0 Å². The lowest BCUT2D eigenvalue weighted by Gasteiger charge is -2.36. The molecular weight excluding hydrogens is 268 g/mol. The first-order valence-corrected chi connectivity index (χ1v) is 10.7. The van der Waals surface area contributed by atoms with E-state index in [1.165, 1.54) is 11.1 Å². The second kappa shape index (κ2) is 5.56. The first-order chi connectivity index (χ1) is 9.18. The molecule has 2 rings (SSSR count). The molecule has 0 aromatic heterocycles. The minimum Gasteiger partial charge on any atom is -0.417 e. The summed E-state index contributed by atoms with van der Waals surface area (Å²) in [5.41, 5.74) is 2.78. The van der Waals surface area contributed by atoms with Crippen molar-refractivity contribution in [2.45, 2.75) is 70.9 Å². The molecule has 0 saturated carbocycles. The molecule has 1 spiro atoms. The van der Waals surface area contributed by atoms with Crippen LogP contribution in [0, 0.1) is 0 Å². The number of ether oxygens (including phenoxy) is 2. The van der Waals surface area contributed by atoms with E-state index in [2.05, 4.69) is 40.8 Å². The zero-order valence-electron chi connectivity index (χ0n) is 14.0. The number of hydrogen-bond donors (Lipinski definition) is 0. The lowest BCUT2D eigenvalue weighted by Crippen LogP contribution is -2.41. The molecular formula is C16H30O3Si. The average molecular weight is 298 g/mol. The summed E-state index contributed by atoms with van der Waals surface area (Å²) in [5, 5.41) is 0.268. The molecule has 1 aliphatic heterocycles. The largest absolute Gasteiger partial charge is 0.417 e. The maximum absolute atomic E-state index is 6.30. The predicted octanol–water partition coefficient (Wildman–Crippen LogP) is 4.25. The summed E-state index contributed by atoms with van der Waals surface area (Å²) in [4.78, 5) is 0. The molecule has 20 heavy (non-hydrogen) atoms. The predicted molar refractivity (Wildman–Crippen MR) is 84.3 cm³/mol. The van der Waals surface area contributed by atoms with Gasteiger partial charge in [0.25, 0.3) is 0 Å². The van der Waals surface area contributed by atoms with Crippen LogP contribution < -0.4 is 0 Å². The second-order valence-electron chi connectivity index (χ2n) is 7.57. The maximum Gasteiger partial charge on any atom is 0.191 e. The summed E-state index contributed by atoms with van der Waals surface area (Å²) in [6.45, 7) is 15.9. The fourth-order valence-electron chi connectivity index (χ4n) is 2.78. The zero-order valence-corrected chi connectivity index (χ0v) is 15.0. The van der Waals surface area contributed by atoms with Crippen LogP contribution >= 0.6 is 0 Å². The SMILES string of the molecule is CC1=C(CCO[Si](C)(C)C(C)(C)C)C2(CC1)OCCO2. The van der Waals surface area contributed by atoms with Gasteiger partial charge < -0.3 is 13.9 Å². The van der Waals surface area contributed by atoms with Gasteiger partial charge in [0.05, 0.1) is 13.2 Å². The monoisotopic (exact) mass is 298 g/mol. The fourth-order valence-corrected chi connectivity index (χ4v) is 3.83. The summed E-state index contributed by atoms with van der Waals surface area (Å²) in [6.07, 6.45) is 3.02. The van der Waals surface area contributed by atoms with E-state index < -0.39 is 14.1 Å². The van der Waals surface area contributed by atoms with E-state index in [1.54, 1.807) is 0 Å². The Morgan fingerprint density at radius 2 is 1.80 bits per heavy atom. The Balaban J connectivity index is 1.95. The van der Waals surface area contributed by atoms with Crippen LogP contribution in [0.3, 0.4) is 0 Å². The topological polar surface area (TPSA) is 27.7 Å². The van der Waals surface area contributed by atoms with Crippen LogP contribution in [0.2, 0.25) is 18.1 Å². The lowest BCUT2D eigenvalue weighted by atomic mass is 10.0. The van der Waals surface area contributed by atoms with Gasteiger partial charge in [0.1, 0.15) is 0 Å². The van der Waals surface area contributed by atoms with Crippen LogP contribution in [-0.4, -0.2) is 33.9 Å². The highest BCUT2D eigenvalue weighted by molar-refractivity contribution is 6.74. The number of hydrogen-bond acceptors (Lipinski definition) is 3. The van der Waals surface area contributed by atoms with Crippen LogP contribution in [0.4, 0.5) is 0 Å². The molecule has 1 saturated heterocycles. The Kier molecular flexibility index (Phi) is 4.51. The van der Waals surface area contributed by atoms with Gasteiger partial charge in [-0.2, -0.15) is 0 Å². The van der Waals surface area contributed by atoms with Crippen LogP contribution in [0.5, 0.6) is 0 Å². The molecule has 2 aliphatic rings. The van der Waals surface area contributed by atoms with Gasteiger partial charge in [-0.1, -0.05) is 26.3 Å². The van der Waals surface area contributed by atoms with Crippen LogP contribution in [0.25, 0.3) is 0 Å². The van der Waals surface area contributed by atoms with Gasteiger partial charge in [-0.05, 0) is 43.5 Å².